The van der Waals surface area contributed by atoms with Crippen molar-refractivity contribution < 1.29 is 14.3 Å². The Morgan fingerprint density at radius 1 is 1.44 bits per heavy atom. The van der Waals surface area contributed by atoms with Crippen molar-refractivity contribution in [1.82, 2.24) is 5.32 Å². The number of carbonyl (C=O) groups is 1. The number of carbonyl (C=O) groups excluding carboxylic acids is 1. The lowest BCUT2D eigenvalue weighted by Gasteiger charge is -2.29. The lowest BCUT2D eigenvalue weighted by molar-refractivity contribution is -0.142. The monoisotopic (exact) mass is 232 g/mol. The average Bonchev–Trinajstić information content (AvgIpc) is 2.29. The molecule has 1 amide bonds. The van der Waals surface area contributed by atoms with E-state index in [-0.39, 0.29) is 11.9 Å². The van der Waals surface area contributed by atoms with Crippen LogP contribution in [0.1, 0.15) is 27.2 Å². The maximum Gasteiger partial charge on any atom is 0.227 e. The van der Waals surface area contributed by atoms with Crippen LogP contribution in [0.2, 0.25) is 0 Å². The number of rotatable bonds is 7. The normalized spacial score (nSPS) is 16.9. The smallest absolute Gasteiger partial charge is 0.227 e. The van der Waals surface area contributed by atoms with E-state index in [4.69, 9.17) is 15.2 Å². The van der Waals surface area contributed by atoms with Gasteiger partial charge in [-0.25, -0.2) is 0 Å². The lowest BCUT2D eigenvalue weighted by Crippen LogP contribution is -2.50. The molecule has 0 rings (SSSR count). The third-order valence-corrected chi connectivity index (χ3v) is 3.01. The molecule has 96 valence electrons. The quantitative estimate of drug-likeness (QED) is 0.626. The van der Waals surface area contributed by atoms with Crippen molar-refractivity contribution in [3.05, 3.63) is 0 Å². The van der Waals surface area contributed by atoms with E-state index in [0.717, 1.165) is 0 Å². The molecule has 0 aromatic rings. The number of hydrogen-bond donors (Lipinski definition) is 2. The second kappa shape index (κ2) is 6.83. The zero-order valence-corrected chi connectivity index (χ0v) is 10.9. The van der Waals surface area contributed by atoms with Crippen molar-refractivity contribution in [2.75, 3.05) is 20.8 Å². The minimum absolute atomic E-state index is 0.0656. The van der Waals surface area contributed by atoms with Gasteiger partial charge in [0.1, 0.15) is 0 Å². The first-order valence-corrected chi connectivity index (χ1v) is 5.51. The van der Waals surface area contributed by atoms with Gasteiger partial charge in [0.25, 0.3) is 0 Å². The molecule has 0 spiro atoms. The summed E-state index contributed by atoms with van der Waals surface area (Å²) in [6, 6.07) is -0.208. The van der Waals surface area contributed by atoms with Crippen LogP contribution in [0.15, 0.2) is 0 Å². The summed E-state index contributed by atoms with van der Waals surface area (Å²) in [7, 11) is 3.08. The van der Waals surface area contributed by atoms with Gasteiger partial charge in [0.2, 0.25) is 5.91 Å². The van der Waals surface area contributed by atoms with E-state index in [1.54, 1.807) is 14.2 Å². The summed E-state index contributed by atoms with van der Waals surface area (Å²) in [4.78, 5) is 12.0. The van der Waals surface area contributed by atoms with Crippen molar-refractivity contribution in [3.63, 3.8) is 0 Å². The van der Waals surface area contributed by atoms with E-state index in [9.17, 15) is 4.79 Å². The molecular weight excluding hydrogens is 208 g/mol. The second-order valence-corrected chi connectivity index (χ2v) is 4.22. The minimum atomic E-state index is -0.527. The number of nitrogens with two attached hydrogens (primary N) is 1. The zero-order valence-electron chi connectivity index (χ0n) is 10.9. The van der Waals surface area contributed by atoms with Crippen LogP contribution in [0.3, 0.4) is 0 Å². The van der Waals surface area contributed by atoms with Crippen LogP contribution >= 0.6 is 0 Å². The van der Waals surface area contributed by atoms with Gasteiger partial charge in [-0.1, -0.05) is 6.92 Å². The van der Waals surface area contributed by atoms with Crippen LogP contribution < -0.4 is 11.1 Å². The van der Waals surface area contributed by atoms with Crippen LogP contribution in [-0.2, 0) is 14.3 Å². The van der Waals surface area contributed by atoms with Crippen LogP contribution in [-0.4, -0.2) is 39.0 Å². The molecule has 0 aromatic heterocycles. The van der Waals surface area contributed by atoms with Gasteiger partial charge in [0, 0.05) is 20.8 Å². The Morgan fingerprint density at radius 3 is 2.25 bits per heavy atom. The summed E-state index contributed by atoms with van der Waals surface area (Å²) in [5, 5.41) is 2.86. The molecule has 0 fully saturated rings. The van der Waals surface area contributed by atoms with Crippen LogP contribution in [0, 0.1) is 5.41 Å². The lowest BCUT2D eigenvalue weighted by atomic mass is 9.86. The Bertz CT molecular complexity index is 213. The molecule has 0 aromatic carbocycles. The average molecular weight is 232 g/mol. The number of amides is 1. The maximum absolute atomic E-state index is 12.0. The van der Waals surface area contributed by atoms with E-state index < -0.39 is 11.7 Å². The van der Waals surface area contributed by atoms with Crippen LogP contribution in [0.5, 0.6) is 0 Å². The highest BCUT2D eigenvalue weighted by Gasteiger charge is 2.31. The highest BCUT2D eigenvalue weighted by atomic mass is 16.7. The molecule has 16 heavy (non-hydrogen) atoms. The second-order valence-electron chi connectivity index (χ2n) is 4.22. The first kappa shape index (κ1) is 15.3. The van der Waals surface area contributed by atoms with Gasteiger partial charge in [-0.2, -0.15) is 0 Å². The summed E-state index contributed by atoms with van der Waals surface area (Å²) in [5.41, 5.74) is 5.08. The highest BCUT2D eigenvalue weighted by molar-refractivity contribution is 5.82. The van der Waals surface area contributed by atoms with Crippen LogP contribution in [0.4, 0.5) is 0 Å². The molecule has 5 nitrogen and oxygen atoms in total. The van der Waals surface area contributed by atoms with Gasteiger partial charge in [-0.15, -0.1) is 0 Å². The molecular formula is C11H24N2O3. The molecule has 3 N–H and O–H groups in total. The van der Waals surface area contributed by atoms with Gasteiger partial charge >= 0.3 is 0 Å². The number of nitrogens with one attached hydrogen (secondary N) is 1. The Kier molecular flexibility index (Phi) is 6.55. The molecule has 0 aliphatic rings. The predicted molar refractivity (Wildman–Crippen MR) is 62.9 cm³/mol. The summed E-state index contributed by atoms with van der Waals surface area (Å²) in [6.07, 6.45) is 0.259. The molecule has 2 atom stereocenters. The summed E-state index contributed by atoms with van der Waals surface area (Å²) < 4.78 is 10.1. The van der Waals surface area contributed by atoms with E-state index in [2.05, 4.69) is 5.32 Å². The van der Waals surface area contributed by atoms with Gasteiger partial charge in [0.05, 0.1) is 11.5 Å². The Balaban J connectivity index is 4.43. The molecule has 0 radical (unpaired) electrons. The number of ether oxygens (including phenoxy) is 2. The Morgan fingerprint density at radius 2 is 1.94 bits per heavy atom. The van der Waals surface area contributed by atoms with Gasteiger partial charge in [0.15, 0.2) is 6.29 Å². The molecule has 2 unspecified atom stereocenters. The third kappa shape index (κ3) is 3.73. The SMILES string of the molecule is CCC(C)(CN)C(=O)NC(C)C(OC)OC. The van der Waals surface area contributed by atoms with Crippen molar-refractivity contribution in [1.29, 1.82) is 0 Å². The van der Waals surface area contributed by atoms with Gasteiger partial charge in [-0.3, -0.25) is 4.79 Å². The number of hydrogen-bond acceptors (Lipinski definition) is 4. The fourth-order valence-corrected chi connectivity index (χ4v) is 1.35. The van der Waals surface area contributed by atoms with Gasteiger partial charge < -0.3 is 20.5 Å². The minimum Gasteiger partial charge on any atom is -0.354 e. The van der Waals surface area contributed by atoms with Crippen molar-refractivity contribution in [2.24, 2.45) is 11.1 Å². The summed E-state index contributed by atoms with van der Waals surface area (Å²) >= 11 is 0. The maximum atomic E-state index is 12.0. The molecule has 0 aliphatic heterocycles. The van der Waals surface area contributed by atoms with E-state index in [0.29, 0.717) is 13.0 Å². The molecule has 0 saturated heterocycles. The first-order valence-electron chi connectivity index (χ1n) is 5.51. The zero-order chi connectivity index (χ0) is 12.8. The standard InChI is InChI=1S/C11H24N2O3/c1-6-11(3,7-12)10(14)13-8(2)9(15-4)16-5/h8-9H,6-7,12H2,1-5H3,(H,13,14). The highest BCUT2D eigenvalue weighted by Crippen LogP contribution is 2.19. The Hall–Kier alpha value is -0.650. The van der Waals surface area contributed by atoms with E-state index >= 15 is 0 Å². The fraction of sp³-hybridized carbons (Fsp3) is 0.909. The van der Waals surface area contributed by atoms with E-state index in [1.165, 1.54) is 0 Å². The van der Waals surface area contributed by atoms with Crippen molar-refractivity contribution in [2.45, 2.75) is 39.5 Å². The molecule has 0 bridgehead atoms. The third-order valence-electron chi connectivity index (χ3n) is 3.01. The molecule has 0 aliphatic carbocycles. The summed E-state index contributed by atoms with van der Waals surface area (Å²) in [6.45, 7) is 5.96. The summed E-state index contributed by atoms with van der Waals surface area (Å²) in [5.74, 6) is -0.0656. The topological polar surface area (TPSA) is 73.6 Å². The molecule has 0 heterocycles. The molecule has 5 heteroatoms. The molecule has 0 saturated carbocycles. The van der Waals surface area contributed by atoms with Crippen molar-refractivity contribution >= 4 is 5.91 Å². The van der Waals surface area contributed by atoms with Gasteiger partial charge in [-0.05, 0) is 20.3 Å². The largest absolute Gasteiger partial charge is 0.354 e. The van der Waals surface area contributed by atoms with Crippen molar-refractivity contribution in [3.8, 4) is 0 Å². The fourth-order valence-electron chi connectivity index (χ4n) is 1.35. The van der Waals surface area contributed by atoms with Crippen LogP contribution in [0.25, 0.3) is 0 Å². The Labute approximate surface area is 97.7 Å². The first-order chi connectivity index (χ1) is 7.45. The number of methoxy groups -OCH3 is 2. The van der Waals surface area contributed by atoms with E-state index in [1.807, 2.05) is 20.8 Å². The predicted octanol–water partition coefficient (Wildman–Crippen LogP) is 0.485.